The van der Waals surface area contributed by atoms with Gasteiger partial charge in [0.15, 0.2) is 0 Å². The first kappa shape index (κ1) is 13.3. The summed E-state index contributed by atoms with van der Waals surface area (Å²) in [5.41, 5.74) is 6.71. The Bertz CT molecular complexity index is 394. The van der Waals surface area contributed by atoms with E-state index in [1.807, 2.05) is 0 Å². The van der Waals surface area contributed by atoms with E-state index in [0.717, 1.165) is 37.2 Å². The van der Waals surface area contributed by atoms with Crippen LogP contribution in [0.5, 0.6) is 0 Å². The summed E-state index contributed by atoms with van der Waals surface area (Å²) in [6.07, 6.45) is 11.0. The molecule has 3 N–H and O–H groups in total. The third-order valence-electron chi connectivity index (χ3n) is 4.22. The highest BCUT2D eigenvalue weighted by atomic mass is 16.3. The van der Waals surface area contributed by atoms with Gasteiger partial charge >= 0.3 is 0 Å². The quantitative estimate of drug-likeness (QED) is 0.807. The molecule has 0 saturated heterocycles. The van der Waals surface area contributed by atoms with E-state index in [0.29, 0.717) is 5.69 Å². The van der Waals surface area contributed by atoms with E-state index in [4.69, 9.17) is 5.73 Å². The van der Waals surface area contributed by atoms with Gasteiger partial charge in [-0.15, -0.1) is 0 Å². The predicted molar refractivity (Wildman–Crippen MR) is 74.0 cm³/mol. The zero-order chi connectivity index (χ0) is 13.0. The number of anilines is 1. The van der Waals surface area contributed by atoms with Crippen molar-refractivity contribution in [3.05, 3.63) is 24.0 Å². The highest BCUT2D eigenvalue weighted by Crippen LogP contribution is 2.40. The van der Waals surface area contributed by atoms with Crippen molar-refractivity contribution in [1.82, 2.24) is 4.98 Å². The van der Waals surface area contributed by atoms with Crippen LogP contribution in [0.25, 0.3) is 0 Å². The van der Waals surface area contributed by atoms with Crippen molar-refractivity contribution in [2.45, 2.75) is 57.5 Å². The number of aromatic nitrogens is 1. The molecule has 0 aromatic carbocycles. The standard InChI is InChI=1S/C15H24N2O/c1-2-4-12-5-3-8-15(18,9-6-12)13-11-17-10-7-14(13)16/h7,10-12,18H,2-6,8-9H2,1H3,(H2,16,17). The molecule has 0 spiro atoms. The van der Waals surface area contributed by atoms with E-state index in [2.05, 4.69) is 11.9 Å². The summed E-state index contributed by atoms with van der Waals surface area (Å²) in [5, 5.41) is 10.9. The Balaban J connectivity index is 2.14. The Hall–Kier alpha value is -1.09. The lowest BCUT2D eigenvalue weighted by Crippen LogP contribution is -2.26. The van der Waals surface area contributed by atoms with Gasteiger partial charge in [-0.25, -0.2) is 0 Å². The topological polar surface area (TPSA) is 59.1 Å². The molecule has 1 aromatic rings. The van der Waals surface area contributed by atoms with E-state index in [1.54, 1.807) is 18.5 Å². The van der Waals surface area contributed by atoms with Crippen LogP contribution in [-0.4, -0.2) is 10.1 Å². The van der Waals surface area contributed by atoms with Crippen molar-refractivity contribution in [3.8, 4) is 0 Å². The third kappa shape index (κ3) is 2.83. The molecule has 1 aliphatic rings. The van der Waals surface area contributed by atoms with E-state index < -0.39 is 5.60 Å². The number of hydrogen-bond donors (Lipinski definition) is 2. The largest absolute Gasteiger partial charge is 0.398 e. The maximum Gasteiger partial charge on any atom is 0.0931 e. The zero-order valence-electron chi connectivity index (χ0n) is 11.2. The van der Waals surface area contributed by atoms with Gasteiger partial charge in [-0.1, -0.05) is 26.2 Å². The summed E-state index contributed by atoms with van der Waals surface area (Å²) in [6.45, 7) is 2.23. The molecule has 1 aromatic heterocycles. The summed E-state index contributed by atoms with van der Waals surface area (Å²) in [4.78, 5) is 4.11. The first-order valence-corrected chi connectivity index (χ1v) is 7.08. The maximum atomic E-state index is 10.9. The fourth-order valence-corrected chi connectivity index (χ4v) is 3.16. The van der Waals surface area contributed by atoms with Gasteiger partial charge in [-0.05, 0) is 37.7 Å². The third-order valence-corrected chi connectivity index (χ3v) is 4.22. The fraction of sp³-hybridized carbons (Fsp3) is 0.667. The maximum absolute atomic E-state index is 10.9. The lowest BCUT2D eigenvalue weighted by molar-refractivity contribution is 0.0200. The SMILES string of the molecule is CCCC1CCCC(O)(c2cnccc2N)CC1. The van der Waals surface area contributed by atoms with Crippen LogP contribution in [0, 0.1) is 5.92 Å². The highest BCUT2D eigenvalue weighted by molar-refractivity contribution is 5.47. The minimum Gasteiger partial charge on any atom is -0.398 e. The zero-order valence-corrected chi connectivity index (χ0v) is 11.2. The van der Waals surface area contributed by atoms with E-state index in [-0.39, 0.29) is 0 Å². The Morgan fingerprint density at radius 1 is 1.44 bits per heavy atom. The first-order chi connectivity index (χ1) is 8.65. The van der Waals surface area contributed by atoms with Crippen molar-refractivity contribution < 1.29 is 5.11 Å². The van der Waals surface area contributed by atoms with Crippen molar-refractivity contribution >= 4 is 5.69 Å². The minimum atomic E-state index is -0.763. The summed E-state index contributed by atoms with van der Waals surface area (Å²) < 4.78 is 0. The second-order valence-electron chi connectivity index (χ2n) is 5.58. The Morgan fingerprint density at radius 3 is 3.00 bits per heavy atom. The van der Waals surface area contributed by atoms with Gasteiger partial charge in [0.2, 0.25) is 0 Å². The molecule has 1 fully saturated rings. The number of hydrogen-bond acceptors (Lipinski definition) is 3. The van der Waals surface area contributed by atoms with E-state index in [9.17, 15) is 5.11 Å². The Labute approximate surface area is 109 Å². The molecule has 1 aliphatic carbocycles. The van der Waals surface area contributed by atoms with E-state index in [1.165, 1.54) is 19.3 Å². The van der Waals surface area contributed by atoms with Crippen LogP contribution in [0.3, 0.4) is 0 Å². The molecule has 0 amide bonds. The molecule has 1 heterocycles. The van der Waals surface area contributed by atoms with Gasteiger partial charge in [0, 0.05) is 23.6 Å². The fourth-order valence-electron chi connectivity index (χ4n) is 3.16. The number of nitrogen functional groups attached to an aromatic ring is 1. The van der Waals surface area contributed by atoms with Crippen LogP contribution in [0.2, 0.25) is 0 Å². The summed E-state index contributed by atoms with van der Waals surface area (Å²) >= 11 is 0. The lowest BCUT2D eigenvalue weighted by Gasteiger charge is -2.28. The molecule has 2 unspecified atom stereocenters. The van der Waals surface area contributed by atoms with Gasteiger partial charge < -0.3 is 10.8 Å². The molecular formula is C15H24N2O. The molecule has 18 heavy (non-hydrogen) atoms. The van der Waals surface area contributed by atoms with Gasteiger partial charge in [-0.2, -0.15) is 0 Å². The van der Waals surface area contributed by atoms with Gasteiger partial charge in [0.25, 0.3) is 0 Å². The molecule has 3 heteroatoms. The Kier molecular flexibility index (Phi) is 4.23. The highest BCUT2D eigenvalue weighted by Gasteiger charge is 2.33. The number of rotatable bonds is 3. The number of pyridine rings is 1. The van der Waals surface area contributed by atoms with Crippen LogP contribution in [0.4, 0.5) is 5.69 Å². The van der Waals surface area contributed by atoms with Crippen LogP contribution in [-0.2, 0) is 5.60 Å². The van der Waals surface area contributed by atoms with Crippen molar-refractivity contribution in [1.29, 1.82) is 0 Å². The second kappa shape index (κ2) is 5.70. The smallest absolute Gasteiger partial charge is 0.0931 e. The summed E-state index contributed by atoms with van der Waals surface area (Å²) in [6, 6.07) is 1.78. The average Bonchev–Trinajstić information content (AvgIpc) is 2.54. The molecule has 3 nitrogen and oxygen atoms in total. The molecular weight excluding hydrogens is 224 g/mol. The number of nitrogens with two attached hydrogens (primary N) is 1. The Morgan fingerprint density at radius 2 is 2.28 bits per heavy atom. The summed E-state index contributed by atoms with van der Waals surface area (Å²) in [5.74, 6) is 0.766. The average molecular weight is 248 g/mol. The molecule has 0 aliphatic heterocycles. The van der Waals surface area contributed by atoms with Crippen molar-refractivity contribution in [2.24, 2.45) is 5.92 Å². The van der Waals surface area contributed by atoms with Crippen LogP contribution < -0.4 is 5.73 Å². The first-order valence-electron chi connectivity index (χ1n) is 7.08. The second-order valence-corrected chi connectivity index (χ2v) is 5.58. The molecule has 0 bridgehead atoms. The molecule has 1 saturated carbocycles. The van der Waals surface area contributed by atoms with Crippen LogP contribution >= 0.6 is 0 Å². The van der Waals surface area contributed by atoms with Gasteiger partial charge in [0.1, 0.15) is 0 Å². The van der Waals surface area contributed by atoms with Crippen molar-refractivity contribution in [3.63, 3.8) is 0 Å². The van der Waals surface area contributed by atoms with Crippen molar-refractivity contribution in [2.75, 3.05) is 5.73 Å². The number of nitrogens with zero attached hydrogens (tertiary/aromatic N) is 1. The normalized spacial score (nSPS) is 28.9. The number of aliphatic hydroxyl groups is 1. The molecule has 0 radical (unpaired) electrons. The minimum absolute atomic E-state index is 0.668. The molecule has 2 atom stereocenters. The lowest BCUT2D eigenvalue weighted by atomic mass is 9.86. The van der Waals surface area contributed by atoms with Crippen LogP contribution in [0.1, 0.15) is 57.4 Å². The summed E-state index contributed by atoms with van der Waals surface area (Å²) in [7, 11) is 0. The molecule has 2 rings (SSSR count). The predicted octanol–water partition coefficient (Wildman–Crippen LogP) is 3.23. The van der Waals surface area contributed by atoms with Gasteiger partial charge in [0.05, 0.1) is 5.60 Å². The van der Waals surface area contributed by atoms with E-state index >= 15 is 0 Å². The monoisotopic (exact) mass is 248 g/mol. The van der Waals surface area contributed by atoms with Crippen LogP contribution in [0.15, 0.2) is 18.5 Å². The molecule has 100 valence electrons. The van der Waals surface area contributed by atoms with Gasteiger partial charge in [-0.3, -0.25) is 4.98 Å².